The van der Waals surface area contributed by atoms with Crippen LogP contribution in [0.1, 0.15) is 37.7 Å². The Morgan fingerprint density at radius 3 is 2.50 bits per heavy atom. The SMILES string of the molecule is Cc1ccccc1CNc1cc(Br)nc(C(C)(C)C)n1. The van der Waals surface area contributed by atoms with Gasteiger partial charge in [0.15, 0.2) is 0 Å². The molecular formula is C16H20BrN3. The Kier molecular flexibility index (Phi) is 4.43. The van der Waals surface area contributed by atoms with Crippen LogP contribution < -0.4 is 5.32 Å². The molecule has 0 atom stereocenters. The van der Waals surface area contributed by atoms with E-state index in [0.717, 1.165) is 22.8 Å². The number of rotatable bonds is 3. The molecule has 20 heavy (non-hydrogen) atoms. The second-order valence-corrected chi connectivity index (χ2v) is 6.74. The molecule has 2 rings (SSSR count). The van der Waals surface area contributed by atoms with Gasteiger partial charge < -0.3 is 5.32 Å². The van der Waals surface area contributed by atoms with Crippen molar-refractivity contribution in [3.8, 4) is 0 Å². The molecule has 106 valence electrons. The van der Waals surface area contributed by atoms with E-state index in [-0.39, 0.29) is 5.41 Å². The highest BCUT2D eigenvalue weighted by molar-refractivity contribution is 9.10. The average molecular weight is 334 g/mol. The highest BCUT2D eigenvalue weighted by Gasteiger charge is 2.18. The molecule has 1 aromatic carbocycles. The van der Waals surface area contributed by atoms with Crippen molar-refractivity contribution in [2.45, 2.75) is 39.7 Å². The van der Waals surface area contributed by atoms with Gasteiger partial charge in [0.1, 0.15) is 16.2 Å². The van der Waals surface area contributed by atoms with E-state index in [1.807, 2.05) is 6.07 Å². The molecule has 1 N–H and O–H groups in total. The molecule has 0 spiro atoms. The van der Waals surface area contributed by atoms with Crippen LogP contribution in [0.4, 0.5) is 5.82 Å². The molecule has 3 nitrogen and oxygen atoms in total. The minimum atomic E-state index is -0.0666. The Morgan fingerprint density at radius 1 is 1.15 bits per heavy atom. The van der Waals surface area contributed by atoms with Crippen LogP contribution in [-0.4, -0.2) is 9.97 Å². The van der Waals surface area contributed by atoms with E-state index in [1.54, 1.807) is 0 Å². The first-order chi connectivity index (χ1) is 9.36. The monoisotopic (exact) mass is 333 g/mol. The fraction of sp³-hybridized carbons (Fsp3) is 0.375. The molecule has 0 saturated carbocycles. The van der Waals surface area contributed by atoms with Crippen LogP contribution >= 0.6 is 15.9 Å². The lowest BCUT2D eigenvalue weighted by molar-refractivity contribution is 0.544. The topological polar surface area (TPSA) is 37.8 Å². The molecule has 4 heteroatoms. The molecule has 1 aromatic heterocycles. The minimum absolute atomic E-state index is 0.0666. The van der Waals surface area contributed by atoms with Crippen molar-refractivity contribution in [1.29, 1.82) is 0 Å². The summed E-state index contributed by atoms with van der Waals surface area (Å²) in [7, 11) is 0. The maximum Gasteiger partial charge on any atom is 0.137 e. The smallest absolute Gasteiger partial charge is 0.137 e. The Hall–Kier alpha value is -1.42. The average Bonchev–Trinajstić information content (AvgIpc) is 2.36. The molecule has 1 heterocycles. The predicted octanol–water partition coefficient (Wildman–Crippen LogP) is 4.46. The first-order valence-corrected chi connectivity index (χ1v) is 7.49. The van der Waals surface area contributed by atoms with Crippen LogP contribution in [0.5, 0.6) is 0 Å². The number of aromatic nitrogens is 2. The summed E-state index contributed by atoms with van der Waals surface area (Å²) in [5, 5.41) is 3.37. The highest BCUT2D eigenvalue weighted by Crippen LogP contribution is 2.22. The van der Waals surface area contributed by atoms with E-state index in [1.165, 1.54) is 11.1 Å². The Bertz CT molecular complexity index is 603. The summed E-state index contributed by atoms with van der Waals surface area (Å²) in [6.07, 6.45) is 0. The second kappa shape index (κ2) is 5.92. The summed E-state index contributed by atoms with van der Waals surface area (Å²) in [4.78, 5) is 9.04. The van der Waals surface area contributed by atoms with Gasteiger partial charge in [0.2, 0.25) is 0 Å². The van der Waals surface area contributed by atoms with Gasteiger partial charge in [-0.3, -0.25) is 0 Å². The lowest BCUT2D eigenvalue weighted by Gasteiger charge is -2.18. The summed E-state index contributed by atoms with van der Waals surface area (Å²) >= 11 is 3.46. The van der Waals surface area contributed by atoms with Crippen LogP contribution in [0.15, 0.2) is 34.9 Å². The molecule has 0 saturated heterocycles. The third kappa shape index (κ3) is 3.79. The van der Waals surface area contributed by atoms with Crippen molar-refractivity contribution in [3.05, 3.63) is 51.9 Å². The van der Waals surface area contributed by atoms with Crippen molar-refractivity contribution < 1.29 is 0 Å². The maximum absolute atomic E-state index is 4.60. The van der Waals surface area contributed by atoms with Crippen molar-refractivity contribution in [3.63, 3.8) is 0 Å². The highest BCUT2D eigenvalue weighted by atomic mass is 79.9. The van der Waals surface area contributed by atoms with E-state index < -0.39 is 0 Å². The lowest BCUT2D eigenvalue weighted by Crippen LogP contribution is -2.17. The lowest BCUT2D eigenvalue weighted by atomic mass is 9.96. The molecule has 2 aromatic rings. The van der Waals surface area contributed by atoms with Crippen molar-refractivity contribution in [2.75, 3.05) is 5.32 Å². The number of halogens is 1. The zero-order valence-electron chi connectivity index (χ0n) is 12.4. The standard InChI is InChI=1S/C16H20BrN3/c1-11-7-5-6-8-12(11)10-18-14-9-13(17)19-15(20-14)16(2,3)4/h5-9H,10H2,1-4H3,(H,18,19,20). The third-order valence-electron chi connectivity index (χ3n) is 3.09. The Labute approximate surface area is 129 Å². The maximum atomic E-state index is 4.60. The van der Waals surface area contributed by atoms with Gasteiger partial charge in [-0.15, -0.1) is 0 Å². The number of nitrogens with zero attached hydrogens (tertiary/aromatic N) is 2. The molecule has 0 radical (unpaired) electrons. The quantitative estimate of drug-likeness (QED) is 0.843. The zero-order chi connectivity index (χ0) is 14.8. The Morgan fingerprint density at radius 2 is 1.85 bits per heavy atom. The van der Waals surface area contributed by atoms with Crippen LogP contribution in [0.2, 0.25) is 0 Å². The van der Waals surface area contributed by atoms with E-state index in [2.05, 4.69) is 83.2 Å². The molecule has 0 bridgehead atoms. The molecule has 0 aliphatic heterocycles. The van der Waals surface area contributed by atoms with E-state index in [0.29, 0.717) is 0 Å². The normalized spacial score (nSPS) is 11.4. The number of anilines is 1. The van der Waals surface area contributed by atoms with Gasteiger partial charge >= 0.3 is 0 Å². The summed E-state index contributed by atoms with van der Waals surface area (Å²) in [6, 6.07) is 10.3. The molecule has 0 amide bonds. The minimum Gasteiger partial charge on any atom is -0.366 e. The van der Waals surface area contributed by atoms with Gasteiger partial charge in [-0.25, -0.2) is 9.97 Å². The summed E-state index contributed by atoms with van der Waals surface area (Å²) in [5.74, 6) is 1.68. The summed E-state index contributed by atoms with van der Waals surface area (Å²) in [6.45, 7) is 9.22. The molecule has 0 unspecified atom stereocenters. The van der Waals surface area contributed by atoms with E-state index >= 15 is 0 Å². The van der Waals surface area contributed by atoms with Gasteiger partial charge in [-0.2, -0.15) is 0 Å². The van der Waals surface area contributed by atoms with Crippen molar-refractivity contribution in [2.24, 2.45) is 0 Å². The van der Waals surface area contributed by atoms with Crippen LogP contribution in [0.3, 0.4) is 0 Å². The molecule has 0 fully saturated rings. The summed E-state index contributed by atoms with van der Waals surface area (Å²) < 4.78 is 0.810. The number of hydrogen-bond acceptors (Lipinski definition) is 3. The number of hydrogen-bond donors (Lipinski definition) is 1. The molecular weight excluding hydrogens is 314 g/mol. The third-order valence-corrected chi connectivity index (χ3v) is 3.49. The first kappa shape index (κ1) is 15.0. The second-order valence-electron chi connectivity index (χ2n) is 5.93. The largest absolute Gasteiger partial charge is 0.366 e. The predicted molar refractivity (Wildman–Crippen MR) is 86.9 cm³/mol. The van der Waals surface area contributed by atoms with Gasteiger partial charge in [0.05, 0.1) is 0 Å². The summed E-state index contributed by atoms with van der Waals surface area (Å²) in [5.41, 5.74) is 2.49. The number of benzene rings is 1. The number of aryl methyl sites for hydroxylation is 1. The van der Waals surface area contributed by atoms with Crippen LogP contribution in [0, 0.1) is 6.92 Å². The van der Waals surface area contributed by atoms with Gasteiger partial charge in [-0.05, 0) is 34.0 Å². The van der Waals surface area contributed by atoms with Crippen LogP contribution in [0.25, 0.3) is 0 Å². The zero-order valence-corrected chi connectivity index (χ0v) is 14.0. The van der Waals surface area contributed by atoms with Crippen molar-refractivity contribution in [1.82, 2.24) is 9.97 Å². The van der Waals surface area contributed by atoms with E-state index in [4.69, 9.17) is 0 Å². The van der Waals surface area contributed by atoms with Gasteiger partial charge in [0, 0.05) is 18.0 Å². The van der Waals surface area contributed by atoms with Gasteiger partial charge in [-0.1, -0.05) is 45.0 Å². The van der Waals surface area contributed by atoms with Gasteiger partial charge in [0.25, 0.3) is 0 Å². The number of nitrogens with one attached hydrogen (secondary N) is 1. The van der Waals surface area contributed by atoms with E-state index in [9.17, 15) is 0 Å². The first-order valence-electron chi connectivity index (χ1n) is 6.70. The Balaban J connectivity index is 2.18. The molecule has 0 aliphatic carbocycles. The van der Waals surface area contributed by atoms with Crippen molar-refractivity contribution >= 4 is 21.7 Å². The molecule has 0 aliphatic rings. The fourth-order valence-corrected chi connectivity index (χ4v) is 2.22. The van der Waals surface area contributed by atoms with Crippen LogP contribution in [-0.2, 0) is 12.0 Å². The fourth-order valence-electron chi connectivity index (χ4n) is 1.84.